The first-order valence-electron chi connectivity index (χ1n) is 11.7. The van der Waals surface area contributed by atoms with E-state index in [0.29, 0.717) is 5.41 Å². The molecule has 0 aromatic carbocycles. The van der Waals surface area contributed by atoms with Crippen molar-refractivity contribution >= 4 is 0 Å². The van der Waals surface area contributed by atoms with Crippen molar-refractivity contribution in [1.29, 1.82) is 0 Å². The zero-order valence-electron chi connectivity index (χ0n) is 17.3. The summed E-state index contributed by atoms with van der Waals surface area (Å²) >= 11 is 0. The topological polar surface area (TPSA) is 0 Å². The molecule has 0 amide bonds. The van der Waals surface area contributed by atoms with Crippen LogP contribution in [0.5, 0.6) is 0 Å². The second-order valence-electron chi connectivity index (χ2n) is 9.74. The van der Waals surface area contributed by atoms with Gasteiger partial charge in [-0.25, -0.2) is 0 Å². The van der Waals surface area contributed by atoms with Gasteiger partial charge in [-0.1, -0.05) is 85.0 Å². The van der Waals surface area contributed by atoms with E-state index in [1.165, 1.54) is 70.6 Å². The molecule has 2 rings (SSSR count). The van der Waals surface area contributed by atoms with Crippen molar-refractivity contribution in [3.05, 3.63) is 0 Å². The van der Waals surface area contributed by atoms with E-state index in [0.717, 1.165) is 17.8 Å². The third-order valence-corrected chi connectivity index (χ3v) is 7.65. The molecule has 0 saturated heterocycles. The van der Waals surface area contributed by atoms with Crippen molar-refractivity contribution in [3.63, 3.8) is 0 Å². The van der Waals surface area contributed by atoms with Gasteiger partial charge in [-0.3, -0.25) is 0 Å². The molecule has 2 aliphatic rings. The Morgan fingerprint density at radius 2 is 1.25 bits per heavy atom. The lowest BCUT2D eigenvalue weighted by molar-refractivity contribution is 0.0950. The molecule has 0 radical (unpaired) electrons. The van der Waals surface area contributed by atoms with E-state index < -0.39 is 0 Å². The normalized spacial score (nSPS) is 34.4. The van der Waals surface area contributed by atoms with Gasteiger partial charge in [-0.05, 0) is 68.1 Å². The van der Waals surface area contributed by atoms with Gasteiger partial charge in [0.05, 0.1) is 0 Å². The SMILES string of the molecule is CCCCCCC1CCC(C2CCC(C)(CCCCC)CC2)CC1. The minimum absolute atomic E-state index is 0.697. The van der Waals surface area contributed by atoms with Gasteiger partial charge in [0.2, 0.25) is 0 Å². The molecular formula is C24H46. The van der Waals surface area contributed by atoms with Crippen LogP contribution in [0, 0.1) is 23.2 Å². The zero-order valence-corrected chi connectivity index (χ0v) is 17.3. The van der Waals surface area contributed by atoms with Gasteiger partial charge >= 0.3 is 0 Å². The van der Waals surface area contributed by atoms with Crippen LogP contribution in [0.2, 0.25) is 0 Å². The summed E-state index contributed by atoms with van der Waals surface area (Å²) in [6, 6.07) is 0. The Morgan fingerprint density at radius 3 is 1.88 bits per heavy atom. The molecule has 0 N–H and O–H groups in total. The van der Waals surface area contributed by atoms with Crippen LogP contribution in [0.1, 0.15) is 130 Å². The third kappa shape index (κ3) is 6.72. The van der Waals surface area contributed by atoms with E-state index in [9.17, 15) is 0 Å². The molecule has 0 spiro atoms. The molecule has 0 bridgehead atoms. The summed E-state index contributed by atoms with van der Waals surface area (Å²) in [5, 5.41) is 0. The standard InChI is InChI=1S/C24H46/c1-4-6-8-9-11-21-12-14-22(15-13-21)23-16-19-24(3,20-17-23)18-10-7-5-2/h21-23H,4-20H2,1-3H3. The van der Waals surface area contributed by atoms with Crippen LogP contribution in [0.25, 0.3) is 0 Å². The van der Waals surface area contributed by atoms with Crippen LogP contribution in [-0.2, 0) is 0 Å². The maximum Gasteiger partial charge on any atom is -0.0326 e. The lowest BCUT2D eigenvalue weighted by atomic mass is 9.63. The summed E-state index contributed by atoms with van der Waals surface area (Å²) in [7, 11) is 0. The monoisotopic (exact) mass is 334 g/mol. The van der Waals surface area contributed by atoms with E-state index in [-0.39, 0.29) is 0 Å². The maximum absolute atomic E-state index is 2.59. The average Bonchev–Trinajstić information content (AvgIpc) is 2.60. The summed E-state index contributed by atoms with van der Waals surface area (Å²) in [5.41, 5.74) is 0.697. The Hall–Kier alpha value is 0. The van der Waals surface area contributed by atoms with Crippen molar-refractivity contribution in [3.8, 4) is 0 Å². The minimum atomic E-state index is 0.697. The average molecular weight is 335 g/mol. The van der Waals surface area contributed by atoms with Crippen LogP contribution in [0.15, 0.2) is 0 Å². The second-order valence-corrected chi connectivity index (χ2v) is 9.74. The van der Waals surface area contributed by atoms with Crippen molar-refractivity contribution in [2.45, 2.75) is 130 Å². The van der Waals surface area contributed by atoms with Gasteiger partial charge in [0.15, 0.2) is 0 Å². The molecule has 142 valence electrons. The van der Waals surface area contributed by atoms with E-state index in [1.54, 1.807) is 38.5 Å². The Kier molecular flexibility index (Phi) is 9.20. The van der Waals surface area contributed by atoms with Gasteiger partial charge in [0.1, 0.15) is 0 Å². The number of hydrogen-bond donors (Lipinski definition) is 0. The van der Waals surface area contributed by atoms with Crippen LogP contribution in [0.3, 0.4) is 0 Å². The highest BCUT2D eigenvalue weighted by atomic mass is 14.4. The number of hydrogen-bond acceptors (Lipinski definition) is 0. The molecule has 0 aromatic heterocycles. The predicted octanol–water partition coefficient (Wildman–Crippen LogP) is 8.54. The Bertz CT molecular complexity index is 302. The van der Waals surface area contributed by atoms with Gasteiger partial charge in [-0.15, -0.1) is 0 Å². The molecule has 0 aromatic rings. The fourth-order valence-corrected chi connectivity index (χ4v) is 5.67. The molecule has 0 heteroatoms. The van der Waals surface area contributed by atoms with E-state index in [4.69, 9.17) is 0 Å². The summed E-state index contributed by atoms with van der Waals surface area (Å²) in [6.07, 6.45) is 25.5. The summed E-state index contributed by atoms with van der Waals surface area (Å²) in [5.74, 6) is 3.27. The first-order chi connectivity index (χ1) is 11.7. The molecule has 2 saturated carbocycles. The van der Waals surface area contributed by atoms with Gasteiger partial charge in [0, 0.05) is 0 Å². The van der Waals surface area contributed by atoms with Crippen LogP contribution >= 0.6 is 0 Å². The van der Waals surface area contributed by atoms with Crippen molar-refractivity contribution in [2.24, 2.45) is 23.2 Å². The molecule has 0 aliphatic heterocycles. The molecule has 2 aliphatic carbocycles. The quantitative estimate of drug-likeness (QED) is 0.351. The van der Waals surface area contributed by atoms with Crippen LogP contribution < -0.4 is 0 Å². The van der Waals surface area contributed by atoms with Crippen LogP contribution in [0.4, 0.5) is 0 Å². The summed E-state index contributed by atoms with van der Waals surface area (Å²) in [6.45, 7) is 7.25. The Labute approximate surface area is 153 Å². The largest absolute Gasteiger partial charge is 0.0654 e. The molecular weight excluding hydrogens is 288 g/mol. The highest BCUT2D eigenvalue weighted by Crippen LogP contribution is 2.47. The van der Waals surface area contributed by atoms with Crippen molar-refractivity contribution < 1.29 is 0 Å². The Balaban J connectivity index is 1.61. The van der Waals surface area contributed by atoms with Gasteiger partial charge < -0.3 is 0 Å². The highest BCUT2D eigenvalue weighted by Gasteiger charge is 2.35. The fourth-order valence-electron chi connectivity index (χ4n) is 5.67. The Morgan fingerprint density at radius 1 is 0.667 bits per heavy atom. The van der Waals surface area contributed by atoms with Crippen molar-refractivity contribution in [2.75, 3.05) is 0 Å². The molecule has 2 fully saturated rings. The van der Waals surface area contributed by atoms with Gasteiger partial charge in [-0.2, -0.15) is 0 Å². The first-order valence-corrected chi connectivity index (χ1v) is 11.7. The molecule has 0 unspecified atom stereocenters. The number of rotatable bonds is 10. The molecule has 0 atom stereocenters. The van der Waals surface area contributed by atoms with Crippen LogP contribution in [-0.4, -0.2) is 0 Å². The third-order valence-electron chi connectivity index (χ3n) is 7.65. The second kappa shape index (κ2) is 10.9. The van der Waals surface area contributed by atoms with Gasteiger partial charge in [0.25, 0.3) is 0 Å². The van der Waals surface area contributed by atoms with Crippen molar-refractivity contribution in [1.82, 2.24) is 0 Å². The summed E-state index contributed by atoms with van der Waals surface area (Å²) in [4.78, 5) is 0. The first kappa shape index (κ1) is 20.3. The maximum atomic E-state index is 2.59. The zero-order chi connectivity index (χ0) is 17.3. The predicted molar refractivity (Wildman–Crippen MR) is 108 cm³/mol. The fraction of sp³-hybridized carbons (Fsp3) is 1.00. The summed E-state index contributed by atoms with van der Waals surface area (Å²) < 4.78 is 0. The lowest BCUT2D eigenvalue weighted by Gasteiger charge is -2.42. The minimum Gasteiger partial charge on any atom is -0.0654 e. The van der Waals surface area contributed by atoms with E-state index in [2.05, 4.69) is 20.8 Å². The van der Waals surface area contributed by atoms with E-state index >= 15 is 0 Å². The smallest absolute Gasteiger partial charge is 0.0326 e. The highest BCUT2D eigenvalue weighted by molar-refractivity contribution is 4.86. The molecule has 0 nitrogen and oxygen atoms in total. The molecule has 24 heavy (non-hydrogen) atoms. The molecule has 0 heterocycles. The van der Waals surface area contributed by atoms with E-state index in [1.807, 2.05) is 0 Å². The number of unbranched alkanes of at least 4 members (excludes halogenated alkanes) is 5. The lowest BCUT2D eigenvalue weighted by Crippen LogP contribution is -2.30.